The van der Waals surface area contributed by atoms with Gasteiger partial charge < -0.3 is 15.0 Å². The maximum atomic E-state index is 13.2. The molecule has 1 amide bonds. The molecule has 0 saturated carbocycles. The summed E-state index contributed by atoms with van der Waals surface area (Å²) in [6.07, 6.45) is 4.10. The summed E-state index contributed by atoms with van der Waals surface area (Å²) in [4.78, 5) is 29.4. The molecule has 0 saturated heterocycles. The zero-order valence-corrected chi connectivity index (χ0v) is 20.3. The predicted octanol–water partition coefficient (Wildman–Crippen LogP) is 2.06. The summed E-state index contributed by atoms with van der Waals surface area (Å²) in [5, 5.41) is 12.9. The van der Waals surface area contributed by atoms with E-state index in [-0.39, 0.29) is 62.4 Å². The molecule has 0 unspecified atom stereocenters. The Balaban J connectivity index is 0.00000289. The molecule has 0 bridgehead atoms. The quantitative estimate of drug-likeness (QED) is 0.260. The zero-order valence-electron chi connectivity index (χ0n) is 16.8. The summed E-state index contributed by atoms with van der Waals surface area (Å²) in [7, 11) is 0. The van der Waals surface area contributed by atoms with Gasteiger partial charge in [0.05, 0.1) is 21.3 Å². The van der Waals surface area contributed by atoms with E-state index in [2.05, 4.69) is 10.3 Å². The van der Waals surface area contributed by atoms with Gasteiger partial charge in [-0.25, -0.2) is 4.39 Å². The van der Waals surface area contributed by atoms with Gasteiger partial charge in [0.1, 0.15) is 11.6 Å². The van der Waals surface area contributed by atoms with E-state index in [0.29, 0.717) is 17.4 Å². The van der Waals surface area contributed by atoms with Gasteiger partial charge in [0.2, 0.25) is 0 Å². The summed E-state index contributed by atoms with van der Waals surface area (Å²) in [6.45, 7) is 0.332. The van der Waals surface area contributed by atoms with Crippen molar-refractivity contribution in [2.75, 3.05) is 5.32 Å². The van der Waals surface area contributed by atoms with Crippen LogP contribution < -0.4 is 34.9 Å². The van der Waals surface area contributed by atoms with Crippen molar-refractivity contribution in [2.24, 2.45) is 0 Å². The molecule has 0 aliphatic heterocycles. The van der Waals surface area contributed by atoms with Gasteiger partial charge in [0.15, 0.2) is 0 Å². The zero-order chi connectivity index (χ0) is 22.1. The number of phenolic OH excluding ortho intramolecular Hbond substituents is 1. The number of halogens is 3. The standard InChI is InChI=1S/C22H14Cl2FN3O3.Na/c23-17-8-26-9-18(24)20(17)27-22(31)21(30)16-11-28(10-12-1-3-13(25)4-2-12)19-6-5-14(29)7-15(16)19;/h1-9,11,29H,10H2,(H,26,27,31);/q;+1. The van der Waals surface area contributed by atoms with Crippen molar-refractivity contribution < 1.29 is 48.6 Å². The van der Waals surface area contributed by atoms with Gasteiger partial charge in [-0.3, -0.25) is 14.6 Å². The Kier molecular flexibility index (Phi) is 7.59. The van der Waals surface area contributed by atoms with Crippen molar-refractivity contribution in [3.63, 3.8) is 0 Å². The minimum Gasteiger partial charge on any atom is -0.508 e. The molecule has 0 fully saturated rings. The number of phenols is 1. The first kappa shape index (κ1) is 24.2. The molecule has 6 nitrogen and oxygen atoms in total. The van der Waals surface area contributed by atoms with Crippen molar-refractivity contribution >= 4 is 51.5 Å². The molecule has 2 aromatic heterocycles. The number of amides is 1. The minimum atomic E-state index is -0.945. The maximum Gasteiger partial charge on any atom is 1.00 e. The van der Waals surface area contributed by atoms with Crippen LogP contribution in [-0.2, 0) is 11.3 Å². The fourth-order valence-corrected chi connectivity index (χ4v) is 3.67. The molecule has 2 N–H and O–H groups in total. The Bertz CT molecular complexity index is 1310. The number of fused-ring (bicyclic) bond motifs is 1. The van der Waals surface area contributed by atoms with E-state index in [1.807, 2.05) is 0 Å². The SMILES string of the molecule is O=C(Nc1c(Cl)cncc1Cl)C(=O)c1cn(Cc2ccc(F)cc2)c2ccc(O)cc12.[Na+]. The number of aromatic nitrogens is 2. The van der Waals surface area contributed by atoms with Crippen molar-refractivity contribution in [3.05, 3.63) is 88.0 Å². The molecule has 0 spiro atoms. The number of hydrogen-bond donors (Lipinski definition) is 2. The number of pyridine rings is 1. The Morgan fingerprint density at radius 3 is 2.38 bits per heavy atom. The number of ketones is 1. The van der Waals surface area contributed by atoms with Crippen LogP contribution in [0.4, 0.5) is 10.1 Å². The van der Waals surface area contributed by atoms with E-state index >= 15 is 0 Å². The van der Waals surface area contributed by atoms with Gasteiger partial charge in [-0.05, 0) is 35.9 Å². The number of hydrogen-bond acceptors (Lipinski definition) is 4. The number of benzene rings is 2. The van der Waals surface area contributed by atoms with Gasteiger partial charge >= 0.3 is 29.6 Å². The number of aromatic hydroxyl groups is 1. The fourth-order valence-electron chi connectivity index (χ4n) is 3.21. The van der Waals surface area contributed by atoms with Crippen molar-refractivity contribution in [2.45, 2.75) is 6.54 Å². The third-order valence-corrected chi connectivity index (χ3v) is 5.25. The number of carbonyl (C=O) groups is 2. The minimum absolute atomic E-state index is 0. The Labute approximate surface area is 214 Å². The van der Waals surface area contributed by atoms with E-state index < -0.39 is 11.7 Å². The average molecular weight is 481 g/mol. The number of Topliss-reactive ketones (excluding diaryl/α,β-unsaturated/α-hetero) is 1. The number of carbonyl (C=O) groups excluding carboxylic acids is 2. The molecular formula is C22H14Cl2FN3NaO3+. The molecule has 2 heterocycles. The summed E-state index contributed by atoms with van der Waals surface area (Å²) in [6, 6.07) is 10.5. The van der Waals surface area contributed by atoms with Gasteiger partial charge in [-0.15, -0.1) is 0 Å². The topological polar surface area (TPSA) is 84.2 Å². The Morgan fingerprint density at radius 1 is 1.06 bits per heavy atom. The van der Waals surface area contributed by atoms with Crippen LogP contribution in [0.5, 0.6) is 5.75 Å². The second kappa shape index (κ2) is 10.0. The summed E-state index contributed by atoms with van der Waals surface area (Å²) in [5.74, 6) is -2.19. The molecule has 10 heteroatoms. The van der Waals surface area contributed by atoms with Crippen LogP contribution in [0, 0.1) is 5.82 Å². The fraction of sp³-hybridized carbons (Fsp3) is 0.0455. The molecule has 4 aromatic rings. The molecular weight excluding hydrogens is 467 g/mol. The van der Waals surface area contributed by atoms with E-state index in [1.54, 1.807) is 22.8 Å². The van der Waals surface area contributed by atoms with Crippen LogP contribution in [-0.4, -0.2) is 26.3 Å². The molecule has 4 rings (SSSR count). The summed E-state index contributed by atoms with van der Waals surface area (Å²) < 4.78 is 15.0. The number of rotatable bonds is 5. The second-order valence-corrected chi connectivity index (χ2v) is 7.57. The van der Waals surface area contributed by atoms with Crippen LogP contribution in [0.1, 0.15) is 15.9 Å². The van der Waals surface area contributed by atoms with Gasteiger partial charge in [0, 0.05) is 36.0 Å². The predicted molar refractivity (Wildman–Crippen MR) is 116 cm³/mol. The third-order valence-electron chi connectivity index (χ3n) is 4.67. The van der Waals surface area contributed by atoms with Crippen molar-refractivity contribution in [1.82, 2.24) is 9.55 Å². The normalized spacial score (nSPS) is 10.6. The molecule has 2 aromatic carbocycles. The van der Waals surface area contributed by atoms with Crippen LogP contribution in [0.2, 0.25) is 10.0 Å². The number of nitrogens with zero attached hydrogens (tertiary/aromatic N) is 2. The van der Waals surface area contributed by atoms with Crippen molar-refractivity contribution in [3.8, 4) is 5.75 Å². The van der Waals surface area contributed by atoms with E-state index in [9.17, 15) is 19.1 Å². The average Bonchev–Trinajstić information content (AvgIpc) is 3.09. The first-order valence-corrected chi connectivity index (χ1v) is 9.80. The van der Waals surface area contributed by atoms with Crippen LogP contribution in [0.3, 0.4) is 0 Å². The number of nitrogens with one attached hydrogen (secondary N) is 1. The molecule has 32 heavy (non-hydrogen) atoms. The molecule has 156 valence electrons. The Hall–Kier alpha value is -2.42. The molecule has 0 radical (unpaired) electrons. The monoisotopic (exact) mass is 480 g/mol. The molecule has 0 aliphatic carbocycles. The van der Waals surface area contributed by atoms with E-state index in [4.69, 9.17) is 23.2 Å². The first-order valence-electron chi connectivity index (χ1n) is 9.04. The summed E-state index contributed by atoms with van der Waals surface area (Å²) >= 11 is 12.0. The molecule has 0 aliphatic rings. The second-order valence-electron chi connectivity index (χ2n) is 6.76. The maximum absolute atomic E-state index is 13.2. The number of anilines is 1. The Morgan fingerprint density at radius 2 is 1.72 bits per heavy atom. The summed E-state index contributed by atoms with van der Waals surface area (Å²) in [5.41, 5.74) is 1.59. The van der Waals surface area contributed by atoms with Crippen LogP contribution in [0.15, 0.2) is 61.1 Å². The molecule has 0 atom stereocenters. The first-order chi connectivity index (χ1) is 14.8. The van der Waals surface area contributed by atoms with Crippen molar-refractivity contribution in [1.29, 1.82) is 0 Å². The van der Waals surface area contributed by atoms with Gasteiger partial charge in [-0.2, -0.15) is 0 Å². The third kappa shape index (κ3) is 4.98. The van der Waals surface area contributed by atoms with Gasteiger partial charge in [-0.1, -0.05) is 35.3 Å². The van der Waals surface area contributed by atoms with Crippen LogP contribution >= 0.6 is 23.2 Å². The van der Waals surface area contributed by atoms with Gasteiger partial charge in [0.25, 0.3) is 11.7 Å². The van der Waals surface area contributed by atoms with E-state index in [0.717, 1.165) is 5.56 Å². The smallest absolute Gasteiger partial charge is 0.508 e. The van der Waals surface area contributed by atoms with Crippen LogP contribution in [0.25, 0.3) is 10.9 Å². The van der Waals surface area contributed by atoms with E-state index in [1.165, 1.54) is 42.9 Å². The largest absolute Gasteiger partial charge is 1.00 e.